The molecule has 77 heavy (non-hydrogen) atoms. The summed E-state index contributed by atoms with van der Waals surface area (Å²) in [6, 6.07) is -0.870. The molecule has 0 spiro atoms. The van der Waals surface area contributed by atoms with E-state index in [1.165, 1.54) is 51.8 Å². The number of carbonyl (C=O) groups is 11. The van der Waals surface area contributed by atoms with Crippen LogP contribution in [0.3, 0.4) is 0 Å². The number of ketones is 2. The van der Waals surface area contributed by atoms with Crippen LogP contribution in [0.4, 0.5) is 0 Å². The minimum Gasteiger partial charge on any atom is -0.497 e. The van der Waals surface area contributed by atoms with Crippen LogP contribution in [0.1, 0.15) is 127 Å². The van der Waals surface area contributed by atoms with Crippen molar-refractivity contribution < 1.29 is 72.1 Å². The number of hydrogen-bond donors (Lipinski definition) is 4. The molecule has 2 aliphatic heterocycles. The van der Waals surface area contributed by atoms with Crippen LogP contribution >= 0.6 is 0 Å². The molecule has 22 heteroatoms. The molecule has 7 amide bonds. The van der Waals surface area contributed by atoms with E-state index >= 15 is 0 Å². The molecule has 3 rings (SSSR count). The molecule has 2 aliphatic rings. The number of nitrogens with two attached hydrogens (primary N) is 1. The van der Waals surface area contributed by atoms with Crippen molar-refractivity contribution in [2.24, 2.45) is 35.3 Å². The van der Waals surface area contributed by atoms with Gasteiger partial charge in [0.05, 0.1) is 25.6 Å². The third kappa shape index (κ3) is 17.3. The van der Waals surface area contributed by atoms with Crippen molar-refractivity contribution in [3.63, 3.8) is 0 Å². The summed E-state index contributed by atoms with van der Waals surface area (Å²) in [5.74, 6) is -10.2. The molecule has 0 bridgehead atoms. The predicted molar refractivity (Wildman–Crippen MR) is 282 cm³/mol. The van der Waals surface area contributed by atoms with Crippen molar-refractivity contribution in [3.8, 4) is 5.75 Å². The minimum atomic E-state index is -1.63. The quantitative estimate of drug-likeness (QED) is 0.0531. The van der Waals surface area contributed by atoms with Gasteiger partial charge in [0.15, 0.2) is 11.9 Å². The van der Waals surface area contributed by atoms with Crippen LogP contribution in [-0.2, 0) is 68.6 Å². The van der Waals surface area contributed by atoms with Crippen LogP contribution in [-0.4, -0.2) is 178 Å². The Morgan fingerprint density at radius 1 is 0.779 bits per heavy atom. The molecule has 1 aromatic carbocycles. The van der Waals surface area contributed by atoms with E-state index in [2.05, 4.69) is 10.6 Å². The summed E-state index contributed by atoms with van der Waals surface area (Å²) in [6.07, 6.45) is -1.98. The zero-order chi connectivity index (χ0) is 58.3. The lowest BCUT2D eigenvalue weighted by Crippen LogP contribution is -2.59. The van der Waals surface area contributed by atoms with Gasteiger partial charge in [-0.3, -0.25) is 47.9 Å². The number of methoxy groups -OCH3 is 1. The zero-order valence-electron chi connectivity index (χ0n) is 47.5. The Bertz CT molecular complexity index is 2290. The van der Waals surface area contributed by atoms with E-state index in [9.17, 15) is 57.8 Å². The molecule has 0 saturated carbocycles. The van der Waals surface area contributed by atoms with Gasteiger partial charge < -0.3 is 55.3 Å². The second-order valence-corrected chi connectivity index (χ2v) is 21.6. The largest absolute Gasteiger partial charge is 0.497 e. The summed E-state index contributed by atoms with van der Waals surface area (Å²) in [7, 11) is 4.18. The van der Waals surface area contributed by atoms with Crippen molar-refractivity contribution in [1.82, 2.24) is 30.2 Å². The second-order valence-electron chi connectivity index (χ2n) is 21.6. The number of rotatable bonds is 28. The van der Waals surface area contributed by atoms with Crippen molar-refractivity contribution >= 4 is 64.9 Å². The van der Waals surface area contributed by atoms with Crippen molar-refractivity contribution in [1.29, 1.82) is 0 Å². The topological polar surface area (TPSA) is 299 Å². The Kier molecular flexibility index (Phi) is 24.7. The summed E-state index contributed by atoms with van der Waals surface area (Å²) in [4.78, 5) is 154. The summed E-state index contributed by atoms with van der Waals surface area (Å²) in [6.45, 7) is 18.2. The van der Waals surface area contributed by atoms with E-state index in [0.717, 1.165) is 23.1 Å². The fraction of sp³-hybridized carbons (Fsp3) is 0.691. The number of aliphatic hydroxyl groups excluding tert-OH is 1. The number of nitrogens with zero attached hydrogens (tertiary/aromatic N) is 4. The van der Waals surface area contributed by atoms with Crippen LogP contribution in [0.15, 0.2) is 24.3 Å². The highest BCUT2D eigenvalue weighted by Crippen LogP contribution is 2.27. The number of carbonyl (C=O) groups excluding carboxylic acids is 11. The summed E-state index contributed by atoms with van der Waals surface area (Å²) < 4.78 is 16.7. The first kappa shape index (κ1) is 64.8. The van der Waals surface area contributed by atoms with Gasteiger partial charge in [0.1, 0.15) is 48.1 Å². The van der Waals surface area contributed by atoms with Gasteiger partial charge in [0.2, 0.25) is 41.2 Å². The average Bonchev–Trinajstić information content (AvgIpc) is 4.09. The number of esters is 2. The van der Waals surface area contributed by atoms with Gasteiger partial charge in [-0.05, 0) is 94.2 Å². The zero-order valence-corrected chi connectivity index (χ0v) is 47.5. The van der Waals surface area contributed by atoms with Crippen LogP contribution in [0.5, 0.6) is 5.75 Å². The van der Waals surface area contributed by atoms with Crippen molar-refractivity contribution in [2.75, 3.05) is 34.3 Å². The first-order valence-corrected chi connectivity index (χ1v) is 26.8. The number of hydrogen-bond acceptors (Lipinski definition) is 15. The molecule has 5 N–H and O–H groups in total. The Morgan fingerprint density at radius 3 is 1.86 bits per heavy atom. The maximum atomic E-state index is 14.7. The molecular formula is C55H85N7O15. The number of Topliss-reactive ketones (excluding diaryl/α,β-unsaturated/α-hetero) is 2. The number of benzene rings is 1. The fourth-order valence-electron chi connectivity index (χ4n) is 9.52. The van der Waals surface area contributed by atoms with Gasteiger partial charge in [-0.2, -0.15) is 0 Å². The lowest BCUT2D eigenvalue weighted by Gasteiger charge is -2.35. The monoisotopic (exact) mass is 1080 g/mol. The lowest BCUT2D eigenvalue weighted by molar-refractivity contribution is -0.162. The molecule has 12 atom stereocenters. The van der Waals surface area contributed by atoms with Crippen LogP contribution < -0.4 is 21.1 Å². The highest BCUT2D eigenvalue weighted by molar-refractivity contribution is 6.35. The van der Waals surface area contributed by atoms with Gasteiger partial charge in [-0.1, -0.05) is 67.0 Å². The van der Waals surface area contributed by atoms with Crippen LogP contribution in [0.25, 0.3) is 0 Å². The highest BCUT2D eigenvalue weighted by Gasteiger charge is 2.44. The fourth-order valence-corrected chi connectivity index (χ4v) is 9.52. The van der Waals surface area contributed by atoms with E-state index in [4.69, 9.17) is 19.9 Å². The van der Waals surface area contributed by atoms with Gasteiger partial charge in [0.25, 0.3) is 5.91 Å². The van der Waals surface area contributed by atoms with E-state index in [0.29, 0.717) is 24.2 Å². The minimum absolute atomic E-state index is 0.119. The Hall–Kier alpha value is -6.45. The lowest BCUT2D eigenvalue weighted by atomic mass is 9.87. The van der Waals surface area contributed by atoms with Crippen molar-refractivity contribution in [2.45, 2.75) is 182 Å². The molecule has 2 saturated heterocycles. The van der Waals surface area contributed by atoms with Crippen LogP contribution in [0.2, 0.25) is 0 Å². The maximum Gasteiger partial charge on any atom is 0.329 e. The van der Waals surface area contributed by atoms with Crippen LogP contribution in [0, 0.1) is 29.6 Å². The van der Waals surface area contributed by atoms with Gasteiger partial charge in [-0.15, -0.1) is 0 Å². The summed E-state index contributed by atoms with van der Waals surface area (Å²) >= 11 is 0. The van der Waals surface area contributed by atoms with Gasteiger partial charge in [-0.25, -0.2) is 4.79 Å². The Labute approximate surface area is 453 Å². The first-order chi connectivity index (χ1) is 36.0. The molecule has 22 nitrogen and oxygen atoms in total. The van der Waals surface area contributed by atoms with Crippen molar-refractivity contribution in [3.05, 3.63) is 29.8 Å². The van der Waals surface area contributed by atoms with Gasteiger partial charge >= 0.3 is 11.9 Å². The van der Waals surface area contributed by atoms with Gasteiger partial charge in [0, 0.05) is 40.5 Å². The highest BCUT2D eigenvalue weighted by atomic mass is 16.6. The third-order valence-electron chi connectivity index (χ3n) is 15.1. The Balaban J connectivity index is 1.85. The number of primary amides is 1. The number of ether oxygens (including phenoxy) is 3. The standard InChI is InChI=1S/C55H85N7O15/c1-15-31(6)32(7)43(64)28-44(65)77-47(30(4)5)46(66)33(8)49(68)57-39(26-29(2)3)52(71)62-25-17-19-41(62)54(73)60(13)42(27-37-20-22-38(75-14)23-21-37)55(74)76-36(11)45(48(56)67)58-50(69)34(9)59(12)53(72)40-18-16-24-61(40)51(70)35(10)63/h20-23,29-34,36,39-43,45,47,64H,15-19,24-28H2,1-14H3,(H2,56,67)(H,57,68)(H,58,69)/t31-,32+,33-,34+,36+,39-,40-,41-,42-,43-,45-,47-/m0/s1. The normalized spacial score (nSPS) is 19.3. The molecule has 2 fully saturated rings. The second kappa shape index (κ2) is 29.3. The third-order valence-corrected chi connectivity index (χ3v) is 15.1. The molecular weight excluding hydrogens is 999 g/mol. The molecule has 0 radical (unpaired) electrons. The number of aliphatic hydroxyl groups is 1. The SMILES string of the molecule is CC[C@H](C)[C@@H](C)[C@@H](O)CC(=O)O[C@H](C(=O)[C@H](C)C(=O)N[C@@H](CC(C)C)C(=O)N1CCC[C@H]1C(=O)N(C)[C@@H](Cc1ccc(OC)cc1)C(=O)O[C@H](C)[C@H](NC(=O)[C@@H](C)N(C)C(=O)[C@@H]1CCCN1C(=O)C(C)=O)C(N)=O)C(C)C. The number of amides is 7. The predicted octanol–water partition coefficient (Wildman–Crippen LogP) is 2.12. The van der Waals surface area contributed by atoms with E-state index in [-0.39, 0.29) is 62.9 Å². The number of likely N-dealkylation sites (N-methyl/N-ethyl adjacent to an activating group) is 2. The maximum absolute atomic E-state index is 14.7. The summed E-state index contributed by atoms with van der Waals surface area (Å²) in [5, 5.41) is 15.9. The number of likely N-dealkylation sites (tertiary alicyclic amines) is 2. The molecule has 430 valence electrons. The average molecular weight is 1080 g/mol. The first-order valence-electron chi connectivity index (χ1n) is 26.8. The van der Waals surface area contributed by atoms with E-state index < -0.39 is 131 Å². The van der Waals surface area contributed by atoms with E-state index in [1.54, 1.807) is 38.1 Å². The molecule has 0 unspecified atom stereocenters. The smallest absolute Gasteiger partial charge is 0.329 e. The van der Waals surface area contributed by atoms with E-state index in [1.807, 2.05) is 34.6 Å². The molecule has 0 aliphatic carbocycles. The Morgan fingerprint density at radius 2 is 1.34 bits per heavy atom. The number of nitrogens with one attached hydrogen (secondary N) is 2. The molecule has 0 aromatic heterocycles. The molecule has 1 aromatic rings. The summed E-state index contributed by atoms with van der Waals surface area (Å²) in [5.41, 5.74) is 6.31. The molecule has 2 heterocycles.